The van der Waals surface area contributed by atoms with Crippen molar-refractivity contribution in [2.45, 2.75) is 62.6 Å². The molecule has 1 aliphatic rings. The molecule has 0 saturated carbocycles. The molecule has 5 atom stereocenters. The number of carbonyl (C=O) groups excluding carboxylic acids is 4. The third-order valence-corrected chi connectivity index (χ3v) is 8.22. The number of thioether (sulfide) groups is 1. The number of hydrogen-bond donors (Lipinski definition) is 2. The molecule has 0 unspecified atom stereocenters. The Kier molecular flexibility index (Phi) is 9.10. The van der Waals surface area contributed by atoms with Gasteiger partial charge in [0, 0.05) is 37.8 Å². The molecule has 1 aliphatic heterocycles. The molecule has 12 nitrogen and oxygen atoms in total. The van der Waals surface area contributed by atoms with Crippen molar-refractivity contribution in [3.8, 4) is 10.7 Å². The Morgan fingerprint density at radius 2 is 1.77 bits per heavy atom. The van der Waals surface area contributed by atoms with Crippen molar-refractivity contribution in [2.24, 2.45) is 0 Å². The Balaban J connectivity index is 1.66. The first-order valence-electron chi connectivity index (χ1n) is 11.7. The lowest BCUT2D eigenvalue weighted by Gasteiger charge is -2.44. The number of H-pyrrole nitrogens is 1. The molecular formula is C24H25ClN4O8S2. The minimum absolute atomic E-state index is 0.248. The molecule has 0 spiro atoms. The van der Waals surface area contributed by atoms with Gasteiger partial charge in [-0.05, 0) is 6.07 Å². The first-order chi connectivity index (χ1) is 18.5. The van der Waals surface area contributed by atoms with Gasteiger partial charge in [0.05, 0.1) is 9.90 Å². The summed E-state index contributed by atoms with van der Waals surface area (Å²) in [5.74, 6) is -1.96. The maximum absolute atomic E-state index is 12.1. The molecule has 39 heavy (non-hydrogen) atoms. The van der Waals surface area contributed by atoms with Gasteiger partial charge in [-0.1, -0.05) is 41.6 Å². The summed E-state index contributed by atoms with van der Waals surface area (Å²) < 4.78 is 23.2. The van der Waals surface area contributed by atoms with E-state index in [0.29, 0.717) is 15.7 Å². The largest absolute Gasteiger partial charge is 0.463 e. The standard InChI is InChI=1S/C24H25ClN4O8S2/c1-10(30)26-18-20(36-13(4)33)19(35-12(3)32)15(9-34-11(2)31)37-23(18)39-24-27-22(28-29-24)21-17(25)14-7-5-6-8-16(14)38-21/h5-8,15,18-20,23H,9H2,1-4H3,(H,26,30)(H,27,28,29)/t15-,18-,19-,20-,23+/m1/s1. The smallest absolute Gasteiger partial charge is 0.303 e. The van der Waals surface area contributed by atoms with Crippen LogP contribution in [0.15, 0.2) is 29.4 Å². The monoisotopic (exact) mass is 596 g/mol. The van der Waals surface area contributed by atoms with Crippen LogP contribution in [0.5, 0.6) is 0 Å². The molecule has 4 rings (SSSR count). The molecule has 1 aromatic carbocycles. The van der Waals surface area contributed by atoms with Gasteiger partial charge in [0.1, 0.15) is 24.2 Å². The van der Waals surface area contributed by atoms with Crippen LogP contribution in [0.25, 0.3) is 20.8 Å². The quantitative estimate of drug-likeness (QED) is 0.290. The third kappa shape index (κ3) is 6.87. The van der Waals surface area contributed by atoms with E-state index in [1.165, 1.54) is 39.0 Å². The highest BCUT2D eigenvalue weighted by Gasteiger charge is 2.51. The second-order valence-corrected chi connectivity index (χ2v) is 11.0. The first kappa shape index (κ1) is 28.8. The zero-order valence-corrected chi connectivity index (χ0v) is 23.6. The summed E-state index contributed by atoms with van der Waals surface area (Å²) in [6.45, 7) is 4.56. The molecule has 0 radical (unpaired) electrons. The summed E-state index contributed by atoms with van der Waals surface area (Å²) in [6.07, 6.45) is -3.38. The number of rotatable bonds is 8. The van der Waals surface area contributed by atoms with Crippen molar-refractivity contribution in [3.05, 3.63) is 29.3 Å². The predicted octanol–water partition coefficient (Wildman–Crippen LogP) is 3.09. The van der Waals surface area contributed by atoms with E-state index < -0.39 is 53.6 Å². The SMILES string of the molecule is CC(=O)N[C@@H]1[C@@H](OC(C)=O)[C@H](OC(C)=O)[C@@H](COC(C)=O)O[C@H]1Sc1n[nH]c(-c2sc3ccccc3c2Cl)n1. The molecule has 3 heterocycles. The fourth-order valence-electron chi connectivity index (χ4n) is 4.06. The van der Waals surface area contributed by atoms with E-state index in [9.17, 15) is 19.2 Å². The average molecular weight is 597 g/mol. The summed E-state index contributed by atoms with van der Waals surface area (Å²) in [4.78, 5) is 52.8. The average Bonchev–Trinajstić information content (AvgIpc) is 3.45. The normalized spacial score (nSPS) is 22.7. The van der Waals surface area contributed by atoms with Crippen LogP contribution in [0.1, 0.15) is 27.7 Å². The van der Waals surface area contributed by atoms with Gasteiger partial charge in [-0.25, -0.2) is 4.98 Å². The van der Waals surface area contributed by atoms with E-state index in [1.54, 1.807) is 0 Å². The number of fused-ring (bicyclic) bond motifs is 1. The van der Waals surface area contributed by atoms with Crippen LogP contribution >= 0.6 is 34.7 Å². The first-order valence-corrected chi connectivity index (χ1v) is 13.8. The second-order valence-electron chi connectivity index (χ2n) is 8.55. The molecule has 15 heteroatoms. The van der Waals surface area contributed by atoms with Crippen molar-refractivity contribution in [2.75, 3.05) is 6.61 Å². The van der Waals surface area contributed by atoms with E-state index in [-0.39, 0.29) is 11.8 Å². The van der Waals surface area contributed by atoms with Crippen LogP contribution in [0, 0.1) is 0 Å². The molecule has 2 N–H and O–H groups in total. The van der Waals surface area contributed by atoms with Crippen LogP contribution in [0.2, 0.25) is 5.02 Å². The van der Waals surface area contributed by atoms with Crippen molar-refractivity contribution in [1.29, 1.82) is 0 Å². The van der Waals surface area contributed by atoms with E-state index in [1.807, 2.05) is 24.3 Å². The predicted molar refractivity (Wildman–Crippen MR) is 142 cm³/mol. The summed E-state index contributed by atoms with van der Waals surface area (Å²) in [5.41, 5.74) is -0.938. The molecule has 1 saturated heterocycles. The van der Waals surface area contributed by atoms with Gasteiger partial charge in [-0.3, -0.25) is 24.3 Å². The lowest BCUT2D eigenvalue weighted by Crippen LogP contribution is -2.65. The minimum Gasteiger partial charge on any atom is -0.463 e. The van der Waals surface area contributed by atoms with Crippen LogP contribution in [-0.4, -0.2) is 75.4 Å². The van der Waals surface area contributed by atoms with Gasteiger partial charge in [0.25, 0.3) is 0 Å². The summed E-state index contributed by atoms with van der Waals surface area (Å²) in [6, 6.07) is 6.69. The second kappa shape index (κ2) is 12.3. The van der Waals surface area contributed by atoms with Crippen molar-refractivity contribution < 1.29 is 38.1 Å². The molecule has 3 aromatic rings. The number of aromatic amines is 1. The maximum Gasteiger partial charge on any atom is 0.303 e. The maximum atomic E-state index is 12.1. The van der Waals surface area contributed by atoms with Gasteiger partial charge in [-0.2, -0.15) is 0 Å². The van der Waals surface area contributed by atoms with E-state index in [0.717, 1.165) is 21.8 Å². The molecular weight excluding hydrogens is 572 g/mol. The number of esters is 3. The molecule has 208 valence electrons. The van der Waals surface area contributed by atoms with Crippen molar-refractivity contribution >= 4 is 68.6 Å². The Bertz CT molecular complexity index is 1400. The number of hydrogen-bond acceptors (Lipinski definition) is 12. The molecule has 0 bridgehead atoms. The summed E-state index contributed by atoms with van der Waals surface area (Å²) in [7, 11) is 0. The van der Waals surface area contributed by atoms with Gasteiger partial charge < -0.3 is 24.3 Å². The Morgan fingerprint density at radius 1 is 1.08 bits per heavy atom. The lowest BCUT2D eigenvalue weighted by molar-refractivity contribution is -0.211. The summed E-state index contributed by atoms with van der Waals surface area (Å²) >= 11 is 9.07. The Labute approximate surface area is 236 Å². The number of amides is 1. The number of aromatic nitrogens is 3. The third-order valence-electron chi connectivity index (χ3n) is 5.51. The molecule has 1 amide bonds. The van der Waals surface area contributed by atoms with E-state index in [4.69, 9.17) is 30.5 Å². The number of benzene rings is 1. The van der Waals surface area contributed by atoms with E-state index >= 15 is 0 Å². The molecule has 2 aromatic heterocycles. The molecule has 1 fully saturated rings. The zero-order chi connectivity index (χ0) is 28.3. The number of thiophene rings is 1. The van der Waals surface area contributed by atoms with Gasteiger partial charge in [0.15, 0.2) is 18.0 Å². The highest BCUT2D eigenvalue weighted by molar-refractivity contribution is 7.99. The Hall–Kier alpha value is -3.20. The number of nitrogens with zero attached hydrogens (tertiary/aromatic N) is 2. The summed E-state index contributed by atoms with van der Waals surface area (Å²) in [5, 5.41) is 11.5. The zero-order valence-electron chi connectivity index (χ0n) is 21.3. The van der Waals surface area contributed by atoms with Gasteiger partial charge in [-0.15, -0.1) is 16.4 Å². The fraction of sp³-hybridized carbons (Fsp3) is 0.417. The number of nitrogens with one attached hydrogen (secondary N) is 2. The molecule has 0 aliphatic carbocycles. The van der Waals surface area contributed by atoms with Crippen LogP contribution < -0.4 is 5.32 Å². The van der Waals surface area contributed by atoms with Gasteiger partial charge in [0.2, 0.25) is 11.1 Å². The topological polar surface area (TPSA) is 159 Å². The minimum atomic E-state index is -1.18. The number of halogens is 1. The van der Waals surface area contributed by atoms with Crippen LogP contribution in [0.3, 0.4) is 0 Å². The van der Waals surface area contributed by atoms with Gasteiger partial charge >= 0.3 is 17.9 Å². The van der Waals surface area contributed by atoms with Crippen molar-refractivity contribution in [1.82, 2.24) is 20.5 Å². The highest BCUT2D eigenvalue weighted by Crippen LogP contribution is 2.41. The van der Waals surface area contributed by atoms with Crippen LogP contribution in [-0.2, 0) is 38.1 Å². The lowest BCUT2D eigenvalue weighted by atomic mass is 9.97. The van der Waals surface area contributed by atoms with Crippen LogP contribution in [0.4, 0.5) is 0 Å². The Morgan fingerprint density at radius 3 is 2.41 bits per heavy atom. The highest BCUT2D eigenvalue weighted by atomic mass is 35.5. The number of ether oxygens (including phenoxy) is 4. The fourth-order valence-corrected chi connectivity index (χ4v) is 6.54. The van der Waals surface area contributed by atoms with Crippen molar-refractivity contribution in [3.63, 3.8) is 0 Å². The number of carbonyl (C=O) groups is 4. The van der Waals surface area contributed by atoms with E-state index in [2.05, 4.69) is 20.5 Å².